The summed E-state index contributed by atoms with van der Waals surface area (Å²) < 4.78 is 16.4. The Bertz CT molecular complexity index is 597. The molecule has 108 valence electrons. The molecular formula is C14H15BrO4S. The fourth-order valence-corrected chi connectivity index (χ4v) is 3.41. The molecule has 0 aliphatic heterocycles. The topological polar surface area (TPSA) is 47.9 Å². The summed E-state index contributed by atoms with van der Waals surface area (Å²) in [5, 5.41) is 12.4. The Morgan fingerprint density at radius 2 is 1.90 bits per heavy atom. The van der Waals surface area contributed by atoms with E-state index >= 15 is 0 Å². The molecule has 1 aromatic heterocycles. The normalized spacial score (nSPS) is 12.1. The quantitative estimate of drug-likeness (QED) is 0.886. The van der Waals surface area contributed by atoms with Crippen LogP contribution in [0.2, 0.25) is 0 Å². The second-order valence-corrected chi connectivity index (χ2v) is 5.73. The van der Waals surface area contributed by atoms with Gasteiger partial charge >= 0.3 is 0 Å². The Kier molecular flexibility index (Phi) is 4.91. The summed E-state index contributed by atoms with van der Waals surface area (Å²) in [6, 6.07) is 5.39. The van der Waals surface area contributed by atoms with Crippen molar-refractivity contribution in [3.05, 3.63) is 38.5 Å². The highest BCUT2D eigenvalue weighted by atomic mass is 79.9. The van der Waals surface area contributed by atoms with Gasteiger partial charge in [0.2, 0.25) is 0 Å². The van der Waals surface area contributed by atoms with Crippen LogP contribution in [0.25, 0.3) is 0 Å². The third kappa shape index (κ3) is 2.77. The second-order valence-electron chi connectivity index (χ2n) is 4.00. The van der Waals surface area contributed by atoms with E-state index in [0.717, 1.165) is 10.6 Å². The molecule has 0 bridgehead atoms. The monoisotopic (exact) mass is 358 g/mol. The molecule has 2 rings (SSSR count). The van der Waals surface area contributed by atoms with Crippen LogP contribution >= 0.6 is 27.3 Å². The van der Waals surface area contributed by atoms with Gasteiger partial charge in [-0.1, -0.05) is 0 Å². The van der Waals surface area contributed by atoms with E-state index in [0.29, 0.717) is 21.5 Å². The molecule has 0 amide bonds. The fourth-order valence-electron chi connectivity index (χ4n) is 1.87. The molecule has 0 saturated carbocycles. The van der Waals surface area contributed by atoms with Gasteiger partial charge in [0, 0.05) is 15.8 Å². The van der Waals surface area contributed by atoms with E-state index in [1.54, 1.807) is 33.5 Å². The number of aliphatic hydroxyl groups is 1. The number of halogens is 1. The van der Waals surface area contributed by atoms with Crippen LogP contribution in [-0.2, 0) is 0 Å². The molecular weight excluding hydrogens is 344 g/mol. The first-order chi connectivity index (χ1) is 9.62. The van der Waals surface area contributed by atoms with Gasteiger partial charge in [0.25, 0.3) is 0 Å². The van der Waals surface area contributed by atoms with Gasteiger partial charge in [-0.2, -0.15) is 0 Å². The van der Waals surface area contributed by atoms with Crippen molar-refractivity contribution in [2.75, 3.05) is 21.3 Å². The maximum Gasteiger partial charge on any atom is 0.142 e. The summed E-state index contributed by atoms with van der Waals surface area (Å²) in [7, 11) is 4.74. The molecule has 0 spiro atoms. The first-order valence-electron chi connectivity index (χ1n) is 5.83. The summed E-state index contributed by atoms with van der Waals surface area (Å²) in [5.74, 6) is 1.95. The number of hydrogen-bond acceptors (Lipinski definition) is 5. The largest absolute Gasteiger partial charge is 0.496 e. The van der Waals surface area contributed by atoms with Crippen molar-refractivity contribution in [2.45, 2.75) is 6.10 Å². The van der Waals surface area contributed by atoms with Crippen molar-refractivity contribution in [1.82, 2.24) is 0 Å². The number of methoxy groups -OCH3 is 3. The number of rotatable bonds is 5. The third-order valence-corrected chi connectivity index (χ3v) is 4.63. The van der Waals surface area contributed by atoms with Crippen molar-refractivity contribution in [2.24, 2.45) is 0 Å². The minimum absolute atomic E-state index is 0.559. The molecule has 0 fully saturated rings. The van der Waals surface area contributed by atoms with E-state index in [1.807, 2.05) is 11.4 Å². The smallest absolute Gasteiger partial charge is 0.142 e. The van der Waals surface area contributed by atoms with Crippen molar-refractivity contribution in [3.8, 4) is 17.2 Å². The predicted molar refractivity (Wildman–Crippen MR) is 82.2 cm³/mol. The predicted octanol–water partition coefficient (Wildman–Crippen LogP) is 3.62. The minimum Gasteiger partial charge on any atom is -0.496 e. The summed E-state index contributed by atoms with van der Waals surface area (Å²) in [5.41, 5.74) is 0.671. The molecule has 0 aliphatic rings. The summed E-state index contributed by atoms with van der Waals surface area (Å²) in [4.78, 5) is 0.789. The van der Waals surface area contributed by atoms with Gasteiger partial charge in [-0.05, 0) is 34.1 Å². The van der Waals surface area contributed by atoms with Crippen LogP contribution in [0.1, 0.15) is 16.5 Å². The molecule has 6 heteroatoms. The minimum atomic E-state index is -0.777. The van der Waals surface area contributed by atoms with Gasteiger partial charge < -0.3 is 19.3 Å². The third-order valence-electron chi connectivity index (χ3n) is 2.91. The van der Waals surface area contributed by atoms with E-state index < -0.39 is 6.10 Å². The number of ether oxygens (including phenoxy) is 3. The first-order valence-corrected chi connectivity index (χ1v) is 7.50. The van der Waals surface area contributed by atoms with E-state index in [-0.39, 0.29) is 0 Å². The van der Waals surface area contributed by atoms with Gasteiger partial charge in [-0.25, -0.2) is 0 Å². The molecule has 0 radical (unpaired) electrons. The van der Waals surface area contributed by atoms with Crippen LogP contribution in [0.5, 0.6) is 17.2 Å². The van der Waals surface area contributed by atoms with E-state index in [4.69, 9.17) is 14.2 Å². The maximum absolute atomic E-state index is 10.5. The Balaban J connectivity index is 2.43. The van der Waals surface area contributed by atoms with Crippen LogP contribution in [0.4, 0.5) is 0 Å². The lowest BCUT2D eigenvalue weighted by Crippen LogP contribution is -2.02. The van der Waals surface area contributed by atoms with Crippen molar-refractivity contribution in [3.63, 3.8) is 0 Å². The van der Waals surface area contributed by atoms with Crippen molar-refractivity contribution >= 4 is 27.3 Å². The van der Waals surface area contributed by atoms with Gasteiger partial charge in [-0.15, -0.1) is 11.3 Å². The van der Waals surface area contributed by atoms with E-state index in [1.165, 1.54) is 11.3 Å². The fraction of sp³-hybridized carbons (Fsp3) is 0.286. The number of aliphatic hydroxyl groups excluding tert-OH is 1. The summed E-state index contributed by atoms with van der Waals surface area (Å²) in [6.45, 7) is 0. The average molecular weight is 359 g/mol. The van der Waals surface area contributed by atoms with E-state index in [2.05, 4.69) is 15.9 Å². The zero-order valence-corrected chi connectivity index (χ0v) is 13.7. The highest BCUT2D eigenvalue weighted by Crippen LogP contribution is 2.42. The second kappa shape index (κ2) is 6.47. The zero-order valence-electron chi connectivity index (χ0n) is 11.3. The van der Waals surface area contributed by atoms with E-state index in [9.17, 15) is 5.11 Å². The number of thiophene rings is 1. The molecule has 1 atom stereocenters. The molecule has 20 heavy (non-hydrogen) atoms. The molecule has 1 N–H and O–H groups in total. The van der Waals surface area contributed by atoms with Crippen molar-refractivity contribution in [1.29, 1.82) is 0 Å². The molecule has 1 heterocycles. The standard InChI is InChI=1S/C14H15BrO4S/c1-17-8-6-11(20-7-8)13(16)9-4-5-10(18-2)12(15)14(9)19-3/h4-7,13,16H,1-3H3. The molecule has 2 aromatic rings. The Hall–Kier alpha value is -1.24. The maximum atomic E-state index is 10.5. The van der Waals surface area contributed by atoms with Crippen LogP contribution in [0, 0.1) is 0 Å². The van der Waals surface area contributed by atoms with Gasteiger partial charge in [0.1, 0.15) is 27.8 Å². The Morgan fingerprint density at radius 3 is 2.45 bits per heavy atom. The lowest BCUT2D eigenvalue weighted by atomic mass is 10.1. The highest BCUT2D eigenvalue weighted by Gasteiger charge is 2.21. The summed E-state index contributed by atoms with van der Waals surface area (Å²) >= 11 is 4.86. The first kappa shape index (κ1) is 15.2. The lowest BCUT2D eigenvalue weighted by molar-refractivity contribution is 0.217. The van der Waals surface area contributed by atoms with Crippen LogP contribution in [0.15, 0.2) is 28.1 Å². The molecule has 4 nitrogen and oxygen atoms in total. The average Bonchev–Trinajstić information content (AvgIpc) is 2.95. The van der Waals surface area contributed by atoms with Gasteiger partial charge in [0.05, 0.1) is 21.3 Å². The lowest BCUT2D eigenvalue weighted by Gasteiger charge is -2.16. The molecule has 1 unspecified atom stereocenters. The van der Waals surface area contributed by atoms with Crippen LogP contribution < -0.4 is 14.2 Å². The van der Waals surface area contributed by atoms with Gasteiger partial charge in [-0.3, -0.25) is 0 Å². The zero-order chi connectivity index (χ0) is 14.7. The number of benzene rings is 1. The molecule has 0 saturated heterocycles. The molecule has 1 aromatic carbocycles. The molecule has 0 aliphatic carbocycles. The SMILES string of the molecule is COc1csc(C(O)c2ccc(OC)c(Br)c2OC)c1. The highest BCUT2D eigenvalue weighted by molar-refractivity contribution is 9.10. The van der Waals surface area contributed by atoms with Crippen molar-refractivity contribution < 1.29 is 19.3 Å². The number of hydrogen-bond donors (Lipinski definition) is 1. The van der Waals surface area contributed by atoms with Crippen LogP contribution in [-0.4, -0.2) is 26.4 Å². The van der Waals surface area contributed by atoms with Crippen LogP contribution in [0.3, 0.4) is 0 Å². The Morgan fingerprint density at radius 1 is 1.15 bits per heavy atom. The Labute approximate surface area is 130 Å². The summed E-state index contributed by atoms with van der Waals surface area (Å²) in [6.07, 6.45) is -0.777. The van der Waals surface area contributed by atoms with Gasteiger partial charge in [0.15, 0.2) is 0 Å².